The van der Waals surface area contributed by atoms with Crippen molar-refractivity contribution in [1.82, 2.24) is 15.1 Å². The van der Waals surface area contributed by atoms with E-state index in [1.165, 1.54) is 16.6 Å². The van der Waals surface area contributed by atoms with Crippen molar-refractivity contribution in [3.63, 3.8) is 0 Å². The van der Waals surface area contributed by atoms with Gasteiger partial charge in [0.25, 0.3) is 0 Å². The molecule has 3 aromatic rings. The van der Waals surface area contributed by atoms with Crippen molar-refractivity contribution in [2.45, 2.75) is 30.2 Å². The number of ether oxygens (including phenoxy) is 3. The number of aromatic nitrogens is 3. The van der Waals surface area contributed by atoms with Crippen LogP contribution in [0.15, 0.2) is 47.5 Å². The zero-order chi connectivity index (χ0) is 23.5. The Hall–Kier alpha value is -3.53. The number of Topliss-reactive ketones (excluding diaryl/α,β-unsaturated/α-hetero) is 1. The lowest BCUT2D eigenvalue weighted by Gasteiger charge is -2.32. The van der Waals surface area contributed by atoms with Crippen molar-refractivity contribution in [2.75, 3.05) is 26.3 Å². The van der Waals surface area contributed by atoms with E-state index >= 15 is 0 Å². The second-order valence-corrected chi connectivity index (χ2v) is 8.50. The van der Waals surface area contributed by atoms with Gasteiger partial charge in [-0.25, -0.2) is 4.79 Å². The highest BCUT2D eigenvalue weighted by Crippen LogP contribution is 2.42. The molecule has 33 heavy (non-hydrogen) atoms. The van der Waals surface area contributed by atoms with Gasteiger partial charge in [-0.05, 0) is 36.8 Å². The molecule has 2 atom stereocenters. The lowest BCUT2D eigenvalue weighted by molar-refractivity contribution is 0.0514. The number of hydrogen-bond acceptors (Lipinski definition) is 9. The highest BCUT2D eigenvalue weighted by molar-refractivity contribution is 8.00. The number of nitrogens with one attached hydrogen (secondary N) is 1. The molecule has 0 spiro atoms. The van der Waals surface area contributed by atoms with E-state index in [4.69, 9.17) is 14.2 Å². The maximum absolute atomic E-state index is 13.6. The van der Waals surface area contributed by atoms with Crippen molar-refractivity contribution in [1.29, 1.82) is 0 Å². The van der Waals surface area contributed by atoms with Crippen LogP contribution in [0.3, 0.4) is 0 Å². The number of hydrogen-bond donors (Lipinski definition) is 1. The van der Waals surface area contributed by atoms with Gasteiger partial charge in [-0.1, -0.05) is 47.7 Å². The fraction of sp³-hybridized carbons (Fsp3) is 0.304. The van der Waals surface area contributed by atoms with E-state index in [0.717, 1.165) is 11.1 Å². The molecule has 0 aliphatic carbocycles. The number of fused-ring (bicyclic) bond motifs is 1. The van der Waals surface area contributed by atoms with Gasteiger partial charge in [0.05, 0.1) is 26.9 Å². The monoisotopic (exact) mass is 468 g/mol. The quantitative estimate of drug-likeness (QED) is 0.412. The molecule has 0 amide bonds. The summed E-state index contributed by atoms with van der Waals surface area (Å²) in [5, 5.41) is 7.86. The van der Waals surface area contributed by atoms with Crippen LogP contribution in [0.1, 0.15) is 44.9 Å². The van der Waals surface area contributed by atoms with Gasteiger partial charge in [0.2, 0.25) is 5.69 Å². The van der Waals surface area contributed by atoms with Crippen LogP contribution in [-0.2, 0) is 4.74 Å². The Morgan fingerprint density at radius 3 is 2.48 bits per heavy atom. The summed E-state index contributed by atoms with van der Waals surface area (Å²) in [5.41, 5.74) is 5.73. The highest BCUT2D eigenvalue weighted by atomic mass is 32.2. The average Bonchev–Trinajstić information content (AvgIpc) is 3.26. The molecule has 1 aliphatic rings. The van der Waals surface area contributed by atoms with Crippen molar-refractivity contribution >= 4 is 23.5 Å². The molecule has 10 heteroatoms. The maximum Gasteiger partial charge on any atom is 0.361 e. The third-order valence-electron chi connectivity index (χ3n) is 5.26. The minimum atomic E-state index is -0.606. The molecule has 172 valence electrons. The summed E-state index contributed by atoms with van der Waals surface area (Å²) in [6.07, 6.45) is 0. The second kappa shape index (κ2) is 9.53. The average molecular weight is 469 g/mol. The Kier molecular flexibility index (Phi) is 6.55. The first kappa shape index (κ1) is 22.7. The number of esters is 1. The van der Waals surface area contributed by atoms with Crippen LogP contribution in [-0.4, -0.2) is 52.9 Å². The normalized spacial score (nSPS) is 17.0. The predicted molar refractivity (Wildman–Crippen MR) is 123 cm³/mol. The van der Waals surface area contributed by atoms with Crippen LogP contribution in [0.5, 0.6) is 11.5 Å². The molecule has 0 radical (unpaired) electrons. The number of rotatable bonds is 7. The summed E-state index contributed by atoms with van der Waals surface area (Å²) in [6.45, 7) is 3.90. The number of ketones is 1. The van der Waals surface area contributed by atoms with E-state index in [2.05, 4.69) is 15.7 Å². The van der Waals surface area contributed by atoms with Crippen molar-refractivity contribution in [3.05, 3.63) is 64.8 Å². The first-order chi connectivity index (χ1) is 16.0. The lowest BCUT2D eigenvalue weighted by atomic mass is 9.96. The van der Waals surface area contributed by atoms with Crippen LogP contribution in [0, 0.1) is 6.92 Å². The number of aryl methyl sites for hydroxylation is 1. The first-order valence-electron chi connectivity index (χ1n) is 10.4. The van der Waals surface area contributed by atoms with Crippen LogP contribution < -0.4 is 14.9 Å². The molecule has 1 aromatic heterocycles. The molecule has 0 bridgehead atoms. The summed E-state index contributed by atoms with van der Waals surface area (Å²) >= 11 is 1.23. The Morgan fingerprint density at radius 2 is 1.82 bits per heavy atom. The Bertz CT molecular complexity index is 1180. The SMILES string of the molecule is CCOC(=O)c1nnn2c1S[C@H](C(=O)c1ccc(C)cc1)[C@H](c1ccc(OC)c(OC)c1)N2. The number of carbonyl (C=O) groups is 2. The molecule has 2 aromatic carbocycles. The highest BCUT2D eigenvalue weighted by Gasteiger charge is 2.40. The summed E-state index contributed by atoms with van der Waals surface area (Å²) in [5.74, 6) is 0.450. The van der Waals surface area contributed by atoms with Gasteiger partial charge < -0.3 is 14.2 Å². The minimum Gasteiger partial charge on any atom is -0.493 e. The van der Waals surface area contributed by atoms with Gasteiger partial charge in [-0.2, -0.15) is 4.79 Å². The van der Waals surface area contributed by atoms with Crippen LogP contribution >= 0.6 is 11.8 Å². The van der Waals surface area contributed by atoms with Crippen LogP contribution in [0.4, 0.5) is 0 Å². The molecule has 1 aliphatic heterocycles. The molecule has 0 fully saturated rings. The van der Waals surface area contributed by atoms with Crippen molar-refractivity contribution in [2.24, 2.45) is 0 Å². The Balaban J connectivity index is 1.77. The van der Waals surface area contributed by atoms with E-state index in [1.807, 2.05) is 31.2 Å². The topological polar surface area (TPSA) is 105 Å². The smallest absolute Gasteiger partial charge is 0.361 e. The van der Waals surface area contributed by atoms with E-state index in [1.54, 1.807) is 39.3 Å². The number of nitrogens with zero attached hydrogens (tertiary/aromatic N) is 3. The van der Waals surface area contributed by atoms with Crippen LogP contribution in [0.25, 0.3) is 0 Å². The first-order valence-corrected chi connectivity index (χ1v) is 11.2. The molecule has 0 saturated heterocycles. The number of carbonyl (C=O) groups excluding carboxylic acids is 2. The van der Waals surface area contributed by atoms with E-state index in [-0.39, 0.29) is 18.1 Å². The Morgan fingerprint density at radius 1 is 1.09 bits per heavy atom. The molecule has 2 heterocycles. The zero-order valence-corrected chi connectivity index (χ0v) is 19.5. The predicted octanol–water partition coefficient (Wildman–Crippen LogP) is 3.42. The fourth-order valence-electron chi connectivity index (χ4n) is 3.56. The van der Waals surface area contributed by atoms with Gasteiger partial charge >= 0.3 is 5.97 Å². The third kappa shape index (κ3) is 4.38. The van der Waals surface area contributed by atoms with E-state index < -0.39 is 17.3 Å². The van der Waals surface area contributed by atoms with Gasteiger partial charge in [-0.3, -0.25) is 10.2 Å². The van der Waals surface area contributed by atoms with Crippen LogP contribution in [0.2, 0.25) is 0 Å². The molecular weight excluding hydrogens is 444 g/mol. The standard InChI is InChI=1S/C23H24N4O5S/c1-5-32-23(29)19-22-27(26-24-19)25-18(15-10-11-16(30-3)17(12-15)31-4)21(33-22)20(28)14-8-6-13(2)7-9-14/h6-12,18,21,25H,5H2,1-4H3/t18-,21-/m0/s1. The van der Waals surface area contributed by atoms with Crippen molar-refractivity contribution < 1.29 is 23.8 Å². The zero-order valence-electron chi connectivity index (χ0n) is 18.7. The molecule has 9 nitrogen and oxygen atoms in total. The van der Waals surface area contributed by atoms with Crippen molar-refractivity contribution in [3.8, 4) is 11.5 Å². The molecular formula is C23H24N4O5S. The number of thioether (sulfide) groups is 1. The second-order valence-electron chi connectivity index (χ2n) is 7.37. The maximum atomic E-state index is 13.6. The number of benzene rings is 2. The lowest BCUT2D eigenvalue weighted by Crippen LogP contribution is -2.39. The van der Waals surface area contributed by atoms with Gasteiger partial charge in [0, 0.05) is 5.56 Å². The summed E-state index contributed by atoms with van der Waals surface area (Å²) in [7, 11) is 3.12. The molecule has 4 rings (SSSR count). The Labute approximate surface area is 195 Å². The van der Waals surface area contributed by atoms with Gasteiger partial charge in [0.1, 0.15) is 5.25 Å². The fourth-order valence-corrected chi connectivity index (χ4v) is 4.82. The molecule has 0 saturated carbocycles. The van der Waals surface area contributed by atoms with Gasteiger partial charge in [-0.15, -0.1) is 5.10 Å². The minimum absolute atomic E-state index is 0.0711. The third-order valence-corrected chi connectivity index (χ3v) is 6.59. The molecule has 1 N–H and O–H groups in total. The van der Waals surface area contributed by atoms with Gasteiger partial charge in [0.15, 0.2) is 22.3 Å². The summed E-state index contributed by atoms with van der Waals surface area (Å²) < 4.78 is 15.9. The van der Waals surface area contributed by atoms with E-state index in [9.17, 15) is 9.59 Å². The summed E-state index contributed by atoms with van der Waals surface area (Å²) in [6, 6.07) is 12.4. The number of methoxy groups -OCH3 is 2. The largest absolute Gasteiger partial charge is 0.493 e. The molecule has 0 unspecified atom stereocenters. The summed E-state index contributed by atoms with van der Waals surface area (Å²) in [4.78, 5) is 27.4. The van der Waals surface area contributed by atoms with E-state index in [0.29, 0.717) is 22.1 Å².